The van der Waals surface area contributed by atoms with E-state index in [2.05, 4.69) is 37.8 Å². The second kappa shape index (κ2) is 7.28. The lowest BCUT2D eigenvalue weighted by Crippen LogP contribution is -2.36. The third kappa shape index (κ3) is 4.67. The summed E-state index contributed by atoms with van der Waals surface area (Å²) in [7, 11) is 0. The van der Waals surface area contributed by atoms with Crippen molar-refractivity contribution in [1.29, 1.82) is 0 Å². The minimum Gasteiger partial charge on any atom is -0.476 e. The minimum absolute atomic E-state index is 0.0240. The Kier molecular flexibility index (Phi) is 6.02. The van der Waals surface area contributed by atoms with Gasteiger partial charge in [0.15, 0.2) is 11.5 Å². The Morgan fingerprint density at radius 1 is 1.42 bits per heavy atom. The van der Waals surface area contributed by atoms with Crippen LogP contribution >= 0.6 is 0 Å². The van der Waals surface area contributed by atoms with E-state index in [0.717, 1.165) is 19.4 Å². The summed E-state index contributed by atoms with van der Waals surface area (Å²) >= 11 is 0. The van der Waals surface area contributed by atoms with E-state index < -0.39 is 5.97 Å². The summed E-state index contributed by atoms with van der Waals surface area (Å²) in [5.41, 5.74) is -0.0240. The predicted molar refractivity (Wildman–Crippen MR) is 73.1 cm³/mol. The fourth-order valence-corrected chi connectivity index (χ4v) is 2.31. The van der Waals surface area contributed by atoms with E-state index in [4.69, 9.17) is 9.63 Å². The van der Waals surface area contributed by atoms with Gasteiger partial charge in [-0.1, -0.05) is 32.9 Å². The molecule has 0 aliphatic carbocycles. The molecule has 19 heavy (non-hydrogen) atoms. The summed E-state index contributed by atoms with van der Waals surface area (Å²) in [6.07, 6.45) is 2.15. The first-order chi connectivity index (χ1) is 8.97. The Bertz CT molecular complexity index is 397. The SMILES string of the molecule is CCC(CC)N(Cc1cc(C(=O)O)no1)CC(C)C. The molecular weight excluding hydrogens is 244 g/mol. The molecule has 0 fully saturated rings. The molecule has 0 saturated heterocycles. The third-order valence-corrected chi connectivity index (χ3v) is 3.20. The highest BCUT2D eigenvalue weighted by atomic mass is 16.5. The Morgan fingerprint density at radius 2 is 2.05 bits per heavy atom. The Labute approximate surface area is 114 Å². The van der Waals surface area contributed by atoms with Gasteiger partial charge in [-0.15, -0.1) is 0 Å². The largest absolute Gasteiger partial charge is 0.476 e. The standard InChI is InChI=1S/C14H24N2O3/c1-5-11(6-2)16(8-10(3)4)9-12-7-13(14(17)18)15-19-12/h7,10-11H,5-6,8-9H2,1-4H3,(H,17,18). The van der Waals surface area contributed by atoms with Crippen LogP contribution in [-0.2, 0) is 6.54 Å². The fraction of sp³-hybridized carbons (Fsp3) is 0.714. The molecule has 1 rings (SSSR count). The molecule has 1 aromatic heterocycles. The highest BCUT2D eigenvalue weighted by Crippen LogP contribution is 2.16. The maximum Gasteiger partial charge on any atom is 0.358 e. The molecule has 1 heterocycles. The second-order valence-electron chi connectivity index (χ2n) is 5.28. The number of carbonyl (C=O) groups is 1. The Balaban J connectivity index is 2.77. The van der Waals surface area contributed by atoms with E-state index >= 15 is 0 Å². The average Bonchev–Trinajstić information content (AvgIpc) is 2.78. The van der Waals surface area contributed by atoms with Crippen molar-refractivity contribution in [3.05, 3.63) is 17.5 Å². The highest BCUT2D eigenvalue weighted by molar-refractivity contribution is 5.85. The predicted octanol–water partition coefficient (Wildman–Crippen LogP) is 3.02. The van der Waals surface area contributed by atoms with E-state index in [-0.39, 0.29) is 5.69 Å². The van der Waals surface area contributed by atoms with Crippen LogP contribution in [-0.4, -0.2) is 33.7 Å². The second-order valence-corrected chi connectivity index (χ2v) is 5.28. The van der Waals surface area contributed by atoms with E-state index in [0.29, 0.717) is 24.3 Å². The van der Waals surface area contributed by atoms with Gasteiger partial charge in [-0.3, -0.25) is 4.90 Å². The Hall–Kier alpha value is -1.36. The lowest BCUT2D eigenvalue weighted by molar-refractivity contribution is 0.0685. The number of hydrogen-bond donors (Lipinski definition) is 1. The van der Waals surface area contributed by atoms with Gasteiger partial charge in [0, 0.05) is 18.7 Å². The minimum atomic E-state index is -1.05. The maximum atomic E-state index is 10.8. The van der Waals surface area contributed by atoms with Crippen LogP contribution in [0.1, 0.15) is 56.8 Å². The van der Waals surface area contributed by atoms with Crippen molar-refractivity contribution in [3.63, 3.8) is 0 Å². The lowest BCUT2D eigenvalue weighted by Gasteiger charge is -2.30. The first-order valence-electron chi connectivity index (χ1n) is 6.90. The zero-order valence-electron chi connectivity index (χ0n) is 12.2. The van der Waals surface area contributed by atoms with Crippen LogP contribution in [0.15, 0.2) is 10.6 Å². The zero-order chi connectivity index (χ0) is 14.4. The van der Waals surface area contributed by atoms with E-state index in [1.807, 2.05) is 0 Å². The molecule has 0 atom stereocenters. The summed E-state index contributed by atoms with van der Waals surface area (Å²) in [4.78, 5) is 13.1. The lowest BCUT2D eigenvalue weighted by atomic mass is 10.1. The summed E-state index contributed by atoms with van der Waals surface area (Å²) in [6, 6.07) is 2.00. The van der Waals surface area contributed by atoms with Crippen molar-refractivity contribution in [1.82, 2.24) is 10.1 Å². The van der Waals surface area contributed by atoms with E-state index in [1.165, 1.54) is 6.07 Å². The van der Waals surface area contributed by atoms with Gasteiger partial charge in [0.2, 0.25) is 0 Å². The number of carboxylic acids is 1. The molecule has 0 aliphatic rings. The Morgan fingerprint density at radius 3 is 2.47 bits per heavy atom. The highest BCUT2D eigenvalue weighted by Gasteiger charge is 2.19. The third-order valence-electron chi connectivity index (χ3n) is 3.20. The molecule has 1 aromatic rings. The van der Waals surface area contributed by atoms with Gasteiger partial charge < -0.3 is 9.63 Å². The molecule has 0 unspecified atom stereocenters. The van der Waals surface area contributed by atoms with Crippen molar-refractivity contribution in [2.24, 2.45) is 5.92 Å². The van der Waals surface area contributed by atoms with E-state index in [9.17, 15) is 4.79 Å². The quantitative estimate of drug-likeness (QED) is 0.785. The van der Waals surface area contributed by atoms with Crippen molar-refractivity contribution < 1.29 is 14.4 Å². The molecule has 0 spiro atoms. The van der Waals surface area contributed by atoms with Crippen molar-refractivity contribution in [2.45, 2.75) is 53.1 Å². The summed E-state index contributed by atoms with van der Waals surface area (Å²) in [5.74, 6) is 0.125. The van der Waals surface area contributed by atoms with Crippen LogP contribution in [0, 0.1) is 5.92 Å². The number of rotatable bonds is 8. The van der Waals surface area contributed by atoms with Crippen LogP contribution in [0.5, 0.6) is 0 Å². The van der Waals surface area contributed by atoms with Crippen LogP contribution in [0.4, 0.5) is 0 Å². The maximum absolute atomic E-state index is 10.8. The molecule has 0 bridgehead atoms. The normalized spacial score (nSPS) is 11.7. The number of carboxylic acid groups (broad SMARTS) is 1. The van der Waals surface area contributed by atoms with Gasteiger partial charge in [0.25, 0.3) is 0 Å². The molecule has 0 amide bonds. The van der Waals surface area contributed by atoms with Crippen LogP contribution in [0.3, 0.4) is 0 Å². The molecule has 5 nitrogen and oxygen atoms in total. The smallest absolute Gasteiger partial charge is 0.358 e. The van der Waals surface area contributed by atoms with E-state index in [1.54, 1.807) is 0 Å². The summed E-state index contributed by atoms with van der Waals surface area (Å²) in [5, 5.41) is 12.4. The molecule has 108 valence electrons. The molecular formula is C14H24N2O3. The monoisotopic (exact) mass is 268 g/mol. The number of hydrogen-bond acceptors (Lipinski definition) is 4. The van der Waals surface area contributed by atoms with Crippen molar-refractivity contribution in [3.8, 4) is 0 Å². The van der Waals surface area contributed by atoms with Gasteiger partial charge >= 0.3 is 5.97 Å². The number of aromatic carboxylic acids is 1. The number of nitrogens with zero attached hydrogens (tertiary/aromatic N) is 2. The first kappa shape index (κ1) is 15.7. The molecule has 0 aromatic carbocycles. The van der Waals surface area contributed by atoms with Crippen LogP contribution in [0.2, 0.25) is 0 Å². The van der Waals surface area contributed by atoms with Gasteiger partial charge in [0.1, 0.15) is 0 Å². The summed E-state index contributed by atoms with van der Waals surface area (Å²) in [6.45, 7) is 10.3. The molecule has 1 N–H and O–H groups in total. The first-order valence-corrected chi connectivity index (χ1v) is 6.90. The van der Waals surface area contributed by atoms with Gasteiger partial charge in [-0.05, 0) is 18.8 Å². The fourth-order valence-electron chi connectivity index (χ4n) is 2.31. The number of aromatic nitrogens is 1. The molecule has 5 heteroatoms. The van der Waals surface area contributed by atoms with Gasteiger partial charge in [-0.2, -0.15) is 0 Å². The topological polar surface area (TPSA) is 66.6 Å². The van der Waals surface area contributed by atoms with Gasteiger partial charge in [0.05, 0.1) is 6.54 Å². The van der Waals surface area contributed by atoms with Crippen LogP contribution in [0.25, 0.3) is 0 Å². The average molecular weight is 268 g/mol. The summed E-state index contributed by atoms with van der Waals surface area (Å²) < 4.78 is 5.10. The van der Waals surface area contributed by atoms with Crippen molar-refractivity contribution >= 4 is 5.97 Å². The van der Waals surface area contributed by atoms with Gasteiger partial charge in [-0.25, -0.2) is 4.79 Å². The van der Waals surface area contributed by atoms with Crippen LogP contribution < -0.4 is 0 Å². The molecule has 0 saturated carbocycles. The molecule has 0 aliphatic heterocycles. The molecule has 0 radical (unpaired) electrons. The zero-order valence-corrected chi connectivity index (χ0v) is 12.2. The van der Waals surface area contributed by atoms with Crippen molar-refractivity contribution in [2.75, 3.05) is 6.54 Å².